The van der Waals surface area contributed by atoms with Gasteiger partial charge in [-0.15, -0.1) is 0 Å². The second kappa shape index (κ2) is 6.80. The van der Waals surface area contributed by atoms with Crippen LogP contribution in [0.5, 0.6) is 0 Å². The molecule has 1 fully saturated rings. The van der Waals surface area contributed by atoms with E-state index in [2.05, 4.69) is 5.32 Å². The van der Waals surface area contributed by atoms with E-state index in [1.807, 2.05) is 6.92 Å². The highest BCUT2D eigenvalue weighted by Crippen LogP contribution is 2.24. The fourth-order valence-electron chi connectivity index (χ4n) is 2.00. The van der Waals surface area contributed by atoms with Crippen LogP contribution in [0.4, 0.5) is 0 Å². The molecule has 0 saturated heterocycles. The van der Waals surface area contributed by atoms with Gasteiger partial charge in [-0.1, -0.05) is 13.3 Å². The van der Waals surface area contributed by atoms with Crippen molar-refractivity contribution in [2.24, 2.45) is 5.92 Å². The first-order valence-corrected chi connectivity index (χ1v) is 5.76. The van der Waals surface area contributed by atoms with Crippen LogP contribution >= 0.6 is 0 Å². The predicted octanol–water partition coefficient (Wildman–Crippen LogP) is 0.690. The Bertz CT molecular complexity index is 196. The summed E-state index contributed by atoms with van der Waals surface area (Å²) in [6.07, 6.45) is 4.00. The van der Waals surface area contributed by atoms with E-state index in [-0.39, 0.29) is 31.1 Å². The van der Waals surface area contributed by atoms with Crippen molar-refractivity contribution in [2.75, 3.05) is 19.8 Å². The van der Waals surface area contributed by atoms with E-state index < -0.39 is 0 Å². The summed E-state index contributed by atoms with van der Waals surface area (Å²) in [7, 11) is 0. The lowest BCUT2D eigenvalue weighted by Crippen LogP contribution is -2.40. The van der Waals surface area contributed by atoms with E-state index in [0.717, 1.165) is 25.7 Å². The van der Waals surface area contributed by atoms with Crippen molar-refractivity contribution in [1.82, 2.24) is 5.32 Å². The van der Waals surface area contributed by atoms with Crippen LogP contribution in [0.1, 0.15) is 32.6 Å². The maximum absolute atomic E-state index is 11.4. The Hall–Kier alpha value is -0.610. The minimum atomic E-state index is -0.0613. The molecule has 15 heavy (non-hydrogen) atoms. The summed E-state index contributed by atoms with van der Waals surface area (Å²) >= 11 is 0. The molecule has 2 N–H and O–H groups in total. The van der Waals surface area contributed by atoms with E-state index in [9.17, 15) is 4.79 Å². The Balaban J connectivity index is 2.19. The van der Waals surface area contributed by atoms with E-state index in [4.69, 9.17) is 9.84 Å². The molecule has 0 bridgehead atoms. The Labute approximate surface area is 91.0 Å². The van der Waals surface area contributed by atoms with Crippen LogP contribution in [0.15, 0.2) is 0 Å². The molecule has 1 aliphatic carbocycles. The number of nitrogens with one attached hydrogen (secondary N) is 1. The molecule has 88 valence electrons. The number of hydrogen-bond acceptors (Lipinski definition) is 3. The summed E-state index contributed by atoms with van der Waals surface area (Å²) < 4.78 is 5.15. The van der Waals surface area contributed by atoms with Crippen molar-refractivity contribution in [2.45, 2.75) is 38.6 Å². The van der Waals surface area contributed by atoms with E-state index in [1.54, 1.807) is 0 Å². The van der Waals surface area contributed by atoms with Crippen molar-refractivity contribution in [3.05, 3.63) is 0 Å². The third-order valence-corrected chi connectivity index (χ3v) is 2.82. The van der Waals surface area contributed by atoms with Crippen molar-refractivity contribution < 1.29 is 14.6 Å². The molecule has 4 nitrogen and oxygen atoms in total. The highest BCUT2D eigenvalue weighted by Gasteiger charge is 2.27. The first-order chi connectivity index (χ1) is 7.27. The van der Waals surface area contributed by atoms with Gasteiger partial charge < -0.3 is 15.2 Å². The molecule has 1 saturated carbocycles. The number of hydrogen-bond donors (Lipinski definition) is 2. The smallest absolute Gasteiger partial charge is 0.246 e. The molecular formula is C11H21NO3. The van der Waals surface area contributed by atoms with Gasteiger partial charge in [0.1, 0.15) is 6.61 Å². The van der Waals surface area contributed by atoms with Gasteiger partial charge in [0, 0.05) is 25.2 Å². The Kier molecular flexibility index (Phi) is 5.65. The summed E-state index contributed by atoms with van der Waals surface area (Å²) in [5.74, 6) is 0.175. The van der Waals surface area contributed by atoms with Crippen LogP contribution in [-0.4, -0.2) is 36.9 Å². The third-order valence-electron chi connectivity index (χ3n) is 2.82. The quantitative estimate of drug-likeness (QED) is 0.641. The lowest BCUT2D eigenvalue weighted by Gasteiger charge is -2.18. The maximum atomic E-state index is 11.4. The molecule has 0 spiro atoms. The first-order valence-electron chi connectivity index (χ1n) is 5.76. The van der Waals surface area contributed by atoms with Crippen LogP contribution in [0.2, 0.25) is 0 Å². The average molecular weight is 215 g/mol. The second-order valence-electron chi connectivity index (χ2n) is 4.10. The topological polar surface area (TPSA) is 58.6 Å². The standard InChI is InChI=1S/C11H21NO3/c1-2-6-15-8-11(14)12-10-5-3-4-9(10)7-13/h9-10,13H,2-8H2,1H3,(H,12,14). The number of carbonyl (C=O) groups excluding carboxylic acids is 1. The van der Waals surface area contributed by atoms with Crippen molar-refractivity contribution >= 4 is 5.91 Å². The molecule has 0 aromatic rings. The minimum Gasteiger partial charge on any atom is -0.396 e. The highest BCUT2D eigenvalue weighted by atomic mass is 16.5. The molecule has 1 aliphatic rings. The van der Waals surface area contributed by atoms with Gasteiger partial charge in [0.15, 0.2) is 0 Å². The molecular weight excluding hydrogens is 194 g/mol. The van der Waals surface area contributed by atoms with Crippen LogP contribution in [0.3, 0.4) is 0 Å². The van der Waals surface area contributed by atoms with Gasteiger partial charge in [0.05, 0.1) is 0 Å². The molecule has 0 aromatic heterocycles. The minimum absolute atomic E-state index is 0.0613. The number of aliphatic hydroxyl groups excluding tert-OH is 1. The van der Waals surface area contributed by atoms with Gasteiger partial charge in [-0.3, -0.25) is 4.79 Å². The molecule has 0 radical (unpaired) electrons. The fourth-order valence-corrected chi connectivity index (χ4v) is 2.00. The second-order valence-corrected chi connectivity index (χ2v) is 4.10. The normalized spacial score (nSPS) is 25.5. The van der Waals surface area contributed by atoms with Crippen LogP contribution in [-0.2, 0) is 9.53 Å². The molecule has 4 heteroatoms. The monoisotopic (exact) mass is 215 g/mol. The predicted molar refractivity (Wildman–Crippen MR) is 57.5 cm³/mol. The molecule has 1 rings (SSSR count). The number of ether oxygens (including phenoxy) is 1. The maximum Gasteiger partial charge on any atom is 0.246 e. The highest BCUT2D eigenvalue weighted by molar-refractivity contribution is 5.77. The summed E-state index contributed by atoms with van der Waals surface area (Å²) in [6, 6.07) is 0.146. The van der Waals surface area contributed by atoms with Crippen LogP contribution < -0.4 is 5.32 Å². The van der Waals surface area contributed by atoms with E-state index in [1.165, 1.54) is 0 Å². The largest absolute Gasteiger partial charge is 0.396 e. The summed E-state index contributed by atoms with van der Waals surface area (Å²) in [5, 5.41) is 12.0. The van der Waals surface area contributed by atoms with Gasteiger partial charge in [0.25, 0.3) is 0 Å². The number of carbonyl (C=O) groups is 1. The van der Waals surface area contributed by atoms with Crippen molar-refractivity contribution in [3.8, 4) is 0 Å². The van der Waals surface area contributed by atoms with Crippen molar-refractivity contribution in [1.29, 1.82) is 0 Å². The molecule has 2 atom stereocenters. The van der Waals surface area contributed by atoms with E-state index in [0.29, 0.717) is 6.61 Å². The van der Waals surface area contributed by atoms with Gasteiger partial charge in [-0.05, 0) is 19.3 Å². The lowest BCUT2D eigenvalue weighted by molar-refractivity contribution is -0.126. The third kappa shape index (κ3) is 4.18. The Morgan fingerprint density at radius 1 is 1.53 bits per heavy atom. The average Bonchev–Trinajstić information content (AvgIpc) is 2.65. The molecule has 0 aliphatic heterocycles. The summed E-state index contributed by atoms with van der Waals surface area (Å²) in [5.41, 5.74) is 0. The lowest BCUT2D eigenvalue weighted by atomic mass is 10.1. The zero-order valence-electron chi connectivity index (χ0n) is 9.37. The summed E-state index contributed by atoms with van der Waals surface area (Å²) in [6.45, 7) is 2.95. The number of amides is 1. The van der Waals surface area contributed by atoms with E-state index >= 15 is 0 Å². The van der Waals surface area contributed by atoms with Gasteiger partial charge >= 0.3 is 0 Å². The zero-order chi connectivity index (χ0) is 11.1. The van der Waals surface area contributed by atoms with Crippen molar-refractivity contribution in [3.63, 3.8) is 0 Å². The Morgan fingerprint density at radius 2 is 2.33 bits per heavy atom. The molecule has 2 unspecified atom stereocenters. The number of rotatable bonds is 6. The van der Waals surface area contributed by atoms with Crippen LogP contribution in [0, 0.1) is 5.92 Å². The summed E-state index contributed by atoms with van der Waals surface area (Å²) in [4.78, 5) is 11.4. The number of aliphatic hydroxyl groups is 1. The van der Waals surface area contributed by atoms with Gasteiger partial charge in [-0.25, -0.2) is 0 Å². The first kappa shape index (κ1) is 12.5. The Morgan fingerprint density at radius 3 is 3.00 bits per heavy atom. The zero-order valence-corrected chi connectivity index (χ0v) is 9.37. The molecule has 0 aromatic carbocycles. The SMILES string of the molecule is CCCOCC(=O)NC1CCCC1CO. The molecule has 1 amide bonds. The van der Waals surface area contributed by atoms with Gasteiger partial charge in [0.2, 0.25) is 5.91 Å². The van der Waals surface area contributed by atoms with Crippen LogP contribution in [0.25, 0.3) is 0 Å². The molecule has 0 heterocycles. The van der Waals surface area contributed by atoms with Gasteiger partial charge in [-0.2, -0.15) is 0 Å². The fraction of sp³-hybridized carbons (Fsp3) is 0.909.